The van der Waals surface area contributed by atoms with E-state index in [0.29, 0.717) is 58.0 Å². The quantitative estimate of drug-likeness (QED) is 0.0360. The van der Waals surface area contributed by atoms with Crippen LogP contribution in [0.2, 0.25) is 0 Å². The Labute approximate surface area is 327 Å². The first kappa shape index (κ1) is 49.4. The number of rotatable bonds is 40. The second-order valence-electron chi connectivity index (χ2n) is 14.4. The number of unbranched alkanes of at least 4 members (excludes halogenated alkanes) is 19. The molecule has 0 saturated heterocycles. The molecule has 1 heterocycles. The lowest BCUT2D eigenvalue weighted by Gasteiger charge is -2.18. The van der Waals surface area contributed by atoms with Crippen molar-refractivity contribution in [2.24, 2.45) is 0 Å². The Morgan fingerprint density at radius 1 is 0.574 bits per heavy atom. The van der Waals surface area contributed by atoms with Crippen LogP contribution in [0.1, 0.15) is 174 Å². The Morgan fingerprint density at radius 3 is 1.57 bits per heavy atom. The van der Waals surface area contributed by atoms with Gasteiger partial charge in [-0.05, 0) is 12.8 Å². The summed E-state index contributed by atoms with van der Waals surface area (Å²) in [6, 6.07) is 0. The van der Waals surface area contributed by atoms with E-state index >= 15 is 0 Å². The van der Waals surface area contributed by atoms with Gasteiger partial charge in [-0.2, -0.15) is 0 Å². The SMILES string of the molecule is CCCCCCCCCCCCCC(=O)OCC(Cn1cc(CCC(=O)OCCOCCOCCOC)nn1)OC(=O)CCCCCCCCCCCC. The van der Waals surface area contributed by atoms with Crippen molar-refractivity contribution in [3.05, 3.63) is 11.9 Å². The minimum atomic E-state index is -0.688. The Bertz CT molecular complexity index is 1020. The maximum Gasteiger partial charge on any atom is 0.306 e. The molecule has 1 aromatic rings. The molecule has 0 aromatic carbocycles. The third kappa shape index (κ3) is 31.7. The molecule has 0 aliphatic heterocycles. The highest BCUT2D eigenvalue weighted by Crippen LogP contribution is 2.14. The molecule has 12 nitrogen and oxygen atoms in total. The Hall–Kier alpha value is -2.57. The van der Waals surface area contributed by atoms with E-state index in [1.54, 1.807) is 18.0 Å². The molecule has 0 spiro atoms. The van der Waals surface area contributed by atoms with Gasteiger partial charge in [0.1, 0.15) is 13.2 Å². The van der Waals surface area contributed by atoms with Crippen LogP contribution >= 0.6 is 0 Å². The van der Waals surface area contributed by atoms with Crippen molar-refractivity contribution in [1.29, 1.82) is 0 Å². The zero-order valence-electron chi connectivity index (χ0n) is 34.5. The first-order valence-electron chi connectivity index (χ1n) is 21.5. The van der Waals surface area contributed by atoms with E-state index in [-0.39, 0.29) is 44.1 Å². The number of carbonyl (C=O) groups excluding carboxylic acids is 3. The number of hydrogen-bond acceptors (Lipinski definition) is 11. The van der Waals surface area contributed by atoms with Gasteiger partial charge in [-0.1, -0.05) is 141 Å². The lowest BCUT2D eigenvalue weighted by Crippen LogP contribution is -2.30. The van der Waals surface area contributed by atoms with E-state index in [1.165, 1.54) is 96.3 Å². The number of aromatic nitrogens is 3. The number of methoxy groups -OCH3 is 1. The van der Waals surface area contributed by atoms with Crippen molar-refractivity contribution in [2.45, 2.75) is 187 Å². The van der Waals surface area contributed by atoms with Crippen LogP contribution in [0.3, 0.4) is 0 Å². The maximum atomic E-state index is 12.8. The van der Waals surface area contributed by atoms with Gasteiger partial charge in [-0.15, -0.1) is 5.10 Å². The molecule has 12 heteroatoms. The molecule has 1 atom stereocenters. The fourth-order valence-corrected chi connectivity index (χ4v) is 6.05. The molecule has 1 aromatic heterocycles. The minimum absolute atomic E-state index is 0.0382. The summed E-state index contributed by atoms with van der Waals surface area (Å²) in [5.74, 6) is -0.931. The van der Waals surface area contributed by atoms with Gasteiger partial charge in [0.2, 0.25) is 0 Å². The van der Waals surface area contributed by atoms with Gasteiger partial charge in [-0.25, -0.2) is 4.68 Å². The highest BCUT2D eigenvalue weighted by Gasteiger charge is 2.19. The zero-order chi connectivity index (χ0) is 39.2. The van der Waals surface area contributed by atoms with Crippen molar-refractivity contribution in [2.75, 3.05) is 53.4 Å². The fraction of sp³-hybridized carbons (Fsp3) is 0.881. The second-order valence-corrected chi connectivity index (χ2v) is 14.4. The van der Waals surface area contributed by atoms with Crippen LogP contribution in [0.25, 0.3) is 0 Å². The van der Waals surface area contributed by atoms with Crippen LogP contribution in [0, 0.1) is 0 Å². The lowest BCUT2D eigenvalue weighted by atomic mass is 10.1. The highest BCUT2D eigenvalue weighted by molar-refractivity contribution is 5.70. The van der Waals surface area contributed by atoms with E-state index in [9.17, 15) is 14.4 Å². The predicted octanol–water partition coefficient (Wildman–Crippen LogP) is 8.90. The van der Waals surface area contributed by atoms with Crippen molar-refractivity contribution in [1.82, 2.24) is 15.0 Å². The van der Waals surface area contributed by atoms with Crippen molar-refractivity contribution in [3.8, 4) is 0 Å². The molecule has 0 saturated carbocycles. The first-order chi connectivity index (χ1) is 26.5. The average molecular weight is 768 g/mol. The number of nitrogens with zero attached hydrogens (tertiary/aromatic N) is 3. The summed E-state index contributed by atoms with van der Waals surface area (Å²) in [5.41, 5.74) is 0.611. The molecule has 1 rings (SSSR count). The molecule has 0 fully saturated rings. The summed E-state index contributed by atoms with van der Waals surface area (Å²) < 4.78 is 33.8. The van der Waals surface area contributed by atoms with Crippen LogP contribution in [-0.4, -0.2) is 92.4 Å². The molecule has 1 unspecified atom stereocenters. The molecule has 54 heavy (non-hydrogen) atoms. The van der Waals surface area contributed by atoms with Gasteiger partial charge in [0, 0.05) is 32.6 Å². The number of aryl methyl sites for hydroxylation is 1. The van der Waals surface area contributed by atoms with E-state index in [4.69, 9.17) is 28.4 Å². The third-order valence-electron chi connectivity index (χ3n) is 9.30. The Balaban J connectivity index is 2.43. The van der Waals surface area contributed by atoms with Crippen molar-refractivity contribution >= 4 is 17.9 Å². The van der Waals surface area contributed by atoms with Crippen molar-refractivity contribution < 1.29 is 42.8 Å². The van der Waals surface area contributed by atoms with Crippen LogP contribution < -0.4 is 0 Å². The zero-order valence-corrected chi connectivity index (χ0v) is 34.5. The molecular weight excluding hydrogens is 690 g/mol. The van der Waals surface area contributed by atoms with E-state index < -0.39 is 6.10 Å². The number of carbonyl (C=O) groups is 3. The smallest absolute Gasteiger partial charge is 0.306 e. The van der Waals surface area contributed by atoms with Gasteiger partial charge < -0.3 is 28.4 Å². The Morgan fingerprint density at radius 2 is 1.04 bits per heavy atom. The summed E-state index contributed by atoms with van der Waals surface area (Å²) in [6.07, 6.45) is 27.4. The number of ether oxygens (including phenoxy) is 6. The molecule has 0 amide bonds. The van der Waals surface area contributed by atoms with E-state index in [0.717, 1.165) is 38.5 Å². The molecule has 314 valence electrons. The standard InChI is InChI=1S/C42H77N3O9/c1-4-6-8-10-12-14-16-18-19-21-23-25-40(46)53-37-39(54-42(48)26-24-22-20-17-15-13-11-9-7-5-2)36-45-35-38(43-44-45)27-28-41(47)52-34-33-51-32-31-50-30-29-49-3/h35,39H,4-34,36-37H2,1-3H3. The molecular formula is C42H77N3O9. The summed E-state index contributed by atoms with van der Waals surface area (Å²) in [5, 5.41) is 8.35. The highest BCUT2D eigenvalue weighted by atomic mass is 16.6. The summed E-state index contributed by atoms with van der Waals surface area (Å²) in [4.78, 5) is 37.6. The normalized spacial score (nSPS) is 11.8. The lowest BCUT2D eigenvalue weighted by molar-refractivity contribution is -0.160. The summed E-state index contributed by atoms with van der Waals surface area (Å²) in [6.45, 7) is 7.00. The van der Waals surface area contributed by atoms with Crippen LogP contribution in [0.15, 0.2) is 6.20 Å². The summed E-state index contributed by atoms with van der Waals surface area (Å²) in [7, 11) is 1.62. The number of esters is 3. The molecule has 0 bridgehead atoms. The first-order valence-corrected chi connectivity index (χ1v) is 21.5. The molecule has 0 aliphatic rings. The van der Waals surface area contributed by atoms with Gasteiger partial charge in [0.05, 0.1) is 51.7 Å². The maximum absolute atomic E-state index is 12.8. The molecule has 0 radical (unpaired) electrons. The Kier molecular flexibility index (Phi) is 34.2. The summed E-state index contributed by atoms with van der Waals surface area (Å²) >= 11 is 0. The van der Waals surface area contributed by atoms with Gasteiger partial charge in [0.25, 0.3) is 0 Å². The predicted molar refractivity (Wildman–Crippen MR) is 211 cm³/mol. The van der Waals surface area contributed by atoms with Crippen LogP contribution in [0.4, 0.5) is 0 Å². The number of hydrogen-bond donors (Lipinski definition) is 0. The molecule has 0 aliphatic carbocycles. The van der Waals surface area contributed by atoms with Crippen LogP contribution in [-0.2, 0) is 55.8 Å². The monoisotopic (exact) mass is 768 g/mol. The van der Waals surface area contributed by atoms with E-state index in [2.05, 4.69) is 24.2 Å². The van der Waals surface area contributed by atoms with Crippen molar-refractivity contribution in [3.63, 3.8) is 0 Å². The van der Waals surface area contributed by atoms with E-state index in [1.807, 2.05) is 0 Å². The van der Waals surface area contributed by atoms with Gasteiger partial charge in [0.15, 0.2) is 6.10 Å². The van der Waals surface area contributed by atoms with Gasteiger partial charge in [-0.3, -0.25) is 14.4 Å². The third-order valence-corrected chi connectivity index (χ3v) is 9.30. The minimum Gasteiger partial charge on any atom is -0.463 e. The fourth-order valence-electron chi connectivity index (χ4n) is 6.05. The average Bonchev–Trinajstić information content (AvgIpc) is 3.62. The largest absolute Gasteiger partial charge is 0.463 e. The second kappa shape index (κ2) is 37.4. The topological polar surface area (TPSA) is 137 Å². The van der Waals surface area contributed by atoms with Gasteiger partial charge >= 0.3 is 17.9 Å². The van der Waals surface area contributed by atoms with Crippen LogP contribution in [0.5, 0.6) is 0 Å². The molecule has 0 N–H and O–H groups in total.